The fourth-order valence-electron chi connectivity index (χ4n) is 4.72. The number of rotatable bonds is 6. The van der Waals surface area contributed by atoms with E-state index in [9.17, 15) is 9.59 Å². The number of aliphatic imine (C=N–C) groups is 1. The molecule has 1 aliphatic carbocycles. The molecular weight excluding hydrogens is 438 g/mol. The molecule has 2 aromatic rings. The minimum absolute atomic E-state index is 0.0210. The topological polar surface area (TPSA) is 65.0 Å². The van der Waals surface area contributed by atoms with Crippen LogP contribution in [0.25, 0.3) is 0 Å². The van der Waals surface area contributed by atoms with Crippen LogP contribution in [0.5, 0.6) is 5.75 Å². The van der Waals surface area contributed by atoms with Crippen LogP contribution in [0.4, 0.5) is 0 Å². The average molecular weight is 466 g/mol. The lowest BCUT2D eigenvalue weighted by Crippen LogP contribution is -2.40. The fourth-order valence-corrected chi connectivity index (χ4v) is 4.98. The maximum absolute atomic E-state index is 13.3. The van der Waals surface area contributed by atoms with Crippen LogP contribution in [0.15, 0.2) is 70.9 Å². The number of hydrogen-bond donors (Lipinski definition) is 0. The molecule has 0 bridgehead atoms. The van der Waals surface area contributed by atoms with Crippen LogP contribution in [0.2, 0.25) is 5.02 Å². The second-order valence-electron chi connectivity index (χ2n) is 9.36. The van der Waals surface area contributed by atoms with Crippen molar-refractivity contribution in [3.8, 4) is 5.75 Å². The number of hydrogen-bond acceptors (Lipinski definition) is 5. The van der Waals surface area contributed by atoms with E-state index in [1.165, 1.54) is 0 Å². The van der Waals surface area contributed by atoms with E-state index in [1.807, 2.05) is 55.5 Å². The normalized spacial score (nSPS) is 21.8. The van der Waals surface area contributed by atoms with Crippen LogP contribution < -0.4 is 4.74 Å². The summed E-state index contributed by atoms with van der Waals surface area (Å²) in [6, 6.07) is 16.7. The SMILES string of the molecule is CC1=NC2=C(C(=O)CC(C)(C)C2)[C@@H](c2ccccc2Cl)C1C(=O)OCCOc1ccccc1. The first-order valence-electron chi connectivity index (χ1n) is 11.2. The molecule has 0 saturated heterocycles. The number of nitrogens with zero attached hydrogens (tertiary/aromatic N) is 1. The van der Waals surface area contributed by atoms with E-state index in [-0.39, 0.29) is 24.4 Å². The van der Waals surface area contributed by atoms with Crippen LogP contribution in [0.1, 0.15) is 45.1 Å². The van der Waals surface area contributed by atoms with E-state index in [2.05, 4.69) is 13.8 Å². The van der Waals surface area contributed by atoms with Gasteiger partial charge in [-0.25, -0.2) is 0 Å². The van der Waals surface area contributed by atoms with Gasteiger partial charge in [0.15, 0.2) is 5.78 Å². The zero-order valence-electron chi connectivity index (χ0n) is 19.1. The molecule has 0 aromatic heterocycles. The van der Waals surface area contributed by atoms with E-state index in [0.717, 1.165) is 11.3 Å². The molecular formula is C27H28ClNO4. The van der Waals surface area contributed by atoms with Crippen molar-refractivity contribution >= 4 is 29.1 Å². The lowest BCUT2D eigenvalue weighted by atomic mass is 9.67. The maximum Gasteiger partial charge on any atom is 0.315 e. The Morgan fingerprint density at radius 3 is 2.48 bits per heavy atom. The fraction of sp³-hybridized carbons (Fsp3) is 0.370. The minimum Gasteiger partial charge on any atom is -0.490 e. The third kappa shape index (κ3) is 5.03. The van der Waals surface area contributed by atoms with Crippen molar-refractivity contribution in [3.05, 3.63) is 76.5 Å². The number of carbonyl (C=O) groups is 2. The van der Waals surface area contributed by atoms with E-state index >= 15 is 0 Å². The van der Waals surface area contributed by atoms with Crippen LogP contribution in [-0.2, 0) is 14.3 Å². The molecule has 0 N–H and O–H groups in total. The summed E-state index contributed by atoms with van der Waals surface area (Å²) < 4.78 is 11.2. The Balaban J connectivity index is 1.60. The first-order valence-corrected chi connectivity index (χ1v) is 11.5. The van der Waals surface area contributed by atoms with Crippen LogP contribution in [0, 0.1) is 11.3 Å². The Labute approximate surface area is 199 Å². The summed E-state index contributed by atoms with van der Waals surface area (Å²) in [5.41, 5.74) is 2.56. The van der Waals surface area contributed by atoms with Gasteiger partial charge in [-0.3, -0.25) is 14.6 Å². The van der Waals surface area contributed by atoms with Crippen molar-refractivity contribution in [2.45, 2.75) is 39.5 Å². The number of benzene rings is 2. The first kappa shape index (κ1) is 23.2. The third-order valence-corrected chi connectivity index (χ3v) is 6.48. The van der Waals surface area contributed by atoms with Gasteiger partial charge in [-0.15, -0.1) is 0 Å². The highest BCUT2D eigenvalue weighted by Gasteiger charge is 2.46. The number of Topliss-reactive ketones (excluding diaryl/α,β-unsaturated/α-hetero) is 1. The smallest absolute Gasteiger partial charge is 0.315 e. The molecule has 6 heteroatoms. The number of allylic oxidation sites excluding steroid dienone is 2. The number of carbonyl (C=O) groups excluding carboxylic acids is 2. The second kappa shape index (κ2) is 9.52. The second-order valence-corrected chi connectivity index (χ2v) is 9.77. The number of ether oxygens (including phenoxy) is 2. The van der Waals surface area contributed by atoms with Gasteiger partial charge < -0.3 is 9.47 Å². The predicted octanol–water partition coefficient (Wildman–Crippen LogP) is 5.78. The Bertz CT molecular complexity index is 1120. The summed E-state index contributed by atoms with van der Waals surface area (Å²) in [6.45, 7) is 6.29. The van der Waals surface area contributed by atoms with E-state index in [0.29, 0.717) is 34.9 Å². The highest BCUT2D eigenvalue weighted by Crippen LogP contribution is 2.49. The Morgan fingerprint density at radius 2 is 1.76 bits per heavy atom. The third-order valence-electron chi connectivity index (χ3n) is 6.14. The van der Waals surface area contributed by atoms with Gasteiger partial charge in [0.1, 0.15) is 24.9 Å². The van der Waals surface area contributed by atoms with Crippen LogP contribution in [0.3, 0.4) is 0 Å². The Hall–Kier alpha value is -2.92. The number of halogens is 1. The summed E-state index contributed by atoms with van der Waals surface area (Å²) in [5, 5.41) is 0.520. The van der Waals surface area contributed by atoms with Crippen molar-refractivity contribution in [2.24, 2.45) is 16.3 Å². The van der Waals surface area contributed by atoms with Gasteiger partial charge in [0, 0.05) is 34.3 Å². The molecule has 0 radical (unpaired) electrons. The first-order chi connectivity index (χ1) is 15.8. The molecule has 5 nitrogen and oxygen atoms in total. The van der Waals surface area contributed by atoms with Gasteiger partial charge in [-0.05, 0) is 42.5 Å². The van der Waals surface area contributed by atoms with Gasteiger partial charge in [0.2, 0.25) is 0 Å². The molecule has 33 heavy (non-hydrogen) atoms. The maximum atomic E-state index is 13.3. The average Bonchev–Trinajstić information content (AvgIpc) is 2.76. The van der Waals surface area contributed by atoms with Crippen molar-refractivity contribution in [3.63, 3.8) is 0 Å². The molecule has 1 heterocycles. The Kier molecular flexibility index (Phi) is 6.71. The molecule has 0 saturated carbocycles. The summed E-state index contributed by atoms with van der Waals surface area (Å²) in [4.78, 5) is 31.3. The Morgan fingerprint density at radius 1 is 1.06 bits per heavy atom. The largest absolute Gasteiger partial charge is 0.490 e. The number of para-hydroxylation sites is 1. The van der Waals surface area contributed by atoms with Crippen LogP contribution >= 0.6 is 11.6 Å². The van der Waals surface area contributed by atoms with Crippen molar-refractivity contribution < 1.29 is 19.1 Å². The van der Waals surface area contributed by atoms with E-state index in [4.69, 9.17) is 26.1 Å². The molecule has 1 unspecified atom stereocenters. The van der Waals surface area contributed by atoms with Crippen molar-refractivity contribution in [2.75, 3.05) is 13.2 Å². The van der Waals surface area contributed by atoms with Crippen molar-refractivity contribution in [1.29, 1.82) is 0 Å². The zero-order valence-corrected chi connectivity index (χ0v) is 19.9. The van der Waals surface area contributed by atoms with E-state index < -0.39 is 17.8 Å². The standard InChI is InChI=1S/C27H28ClNO4/c1-17-23(26(31)33-14-13-32-18-9-5-4-6-10-18)24(19-11-7-8-12-20(19)28)25-21(29-17)15-27(2,3)16-22(25)30/h4-12,23-24H,13-16H2,1-3H3/t23?,24-/m0/s1. The molecule has 4 rings (SSSR count). The monoisotopic (exact) mass is 465 g/mol. The quantitative estimate of drug-likeness (QED) is 0.400. The summed E-state index contributed by atoms with van der Waals surface area (Å²) >= 11 is 6.56. The summed E-state index contributed by atoms with van der Waals surface area (Å²) in [6.07, 6.45) is 1.09. The zero-order chi connectivity index (χ0) is 23.6. The molecule has 0 fully saturated rings. The molecule has 1 aliphatic heterocycles. The van der Waals surface area contributed by atoms with E-state index in [1.54, 1.807) is 6.07 Å². The van der Waals surface area contributed by atoms with Gasteiger partial charge in [-0.2, -0.15) is 0 Å². The van der Waals surface area contributed by atoms with Gasteiger partial charge in [0.05, 0.1) is 0 Å². The molecule has 2 aliphatic rings. The molecule has 0 amide bonds. The lowest BCUT2D eigenvalue weighted by Gasteiger charge is -2.39. The summed E-state index contributed by atoms with van der Waals surface area (Å²) in [5.74, 6) is -0.930. The van der Waals surface area contributed by atoms with Crippen molar-refractivity contribution in [1.82, 2.24) is 0 Å². The molecule has 2 atom stereocenters. The minimum atomic E-state index is -0.717. The lowest BCUT2D eigenvalue weighted by molar-refractivity contribution is -0.147. The van der Waals surface area contributed by atoms with Gasteiger partial charge in [-0.1, -0.05) is 61.8 Å². The van der Waals surface area contributed by atoms with Gasteiger partial charge >= 0.3 is 5.97 Å². The highest BCUT2D eigenvalue weighted by molar-refractivity contribution is 6.31. The molecule has 0 spiro atoms. The molecule has 2 aromatic carbocycles. The molecule has 172 valence electrons. The number of ketones is 1. The predicted molar refractivity (Wildman–Crippen MR) is 129 cm³/mol. The van der Waals surface area contributed by atoms with Gasteiger partial charge in [0.25, 0.3) is 0 Å². The number of esters is 1. The summed E-state index contributed by atoms with van der Waals surface area (Å²) in [7, 11) is 0. The van der Waals surface area contributed by atoms with Crippen LogP contribution in [-0.4, -0.2) is 30.7 Å². The highest BCUT2D eigenvalue weighted by atomic mass is 35.5.